The number of hydrogen-bond donors (Lipinski definition) is 2. The van der Waals surface area contributed by atoms with Crippen molar-refractivity contribution in [2.45, 2.75) is 103 Å². The lowest BCUT2D eigenvalue weighted by Crippen LogP contribution is -2.32. The second-order valence-electron chi connectivity index (χ2n) is 8.17. The van der Waals surface area contributed by atoms with E-state index in [-0.39, 0.29) is 26.1 Å². The molecule has 0 aliphatic heterocycles. The molecule has 0 aromatic carbocycles. The van der Waals surface area contributed by atoms with Gasteiger partial charge in [0.1, 0.15) is 11.2 Å². The van der Waals surface area contributed by atoms with Gasteiger partial charge in [0.15, 0.2) is 0 Å². The van der Waals surface area contributed by atoms with Crippen molar-refractivity contribution in [2.75, 3.05) is 13.2 Å². The molecule has 0 bridgehead atoms. The SMILES string of the molecule is CC(C)(CCC(C)(C)OOC(=O)CCCCCO)OOC(=O)CCCCCO. The highest BCUT2D eigenvalue weighted by Gasteiger charge is 2.29. The first-order valence-electron chi connectivity index (χ1n) is 10.1. The predicted octanol–water partition coefficient (Wildman–Crippen LogP) is 3.38. The van der Waals surface area contributed by atoms with Crippen LogP contribution in [-0.4, -0.2) is 46.6 Å². The van der Waals surface area contributed by atoms with E-state index < -0.39 is 23.1 Å². The predicted molar refractivity (Wildman–Crippen MR) is 103 cm³/mol. The van der Waals surface area contributed by atoms with E-state index in [1.165, 1.54) is 0 Å². The molecule has 0 unspecified atom stereocenters. The molecule has 0 aliphatic carbocycles. The van der Waals surface area contributed by atoms with Crippen molar-refractivity contribution in [2.24, 2.45) is 0 Å². The number of aliphatic hydroxyl groups excluding tert-OH is 2. The largest absolute Gasteiger partial charge is 0.396 e. The van der Waals surface area contributed by atoms with Gasteiger partial charge in [0.05, 0.1) is 0 Å². The quantitative estimate of drug-likeness (QED) is 0.215. The van der Waals surface area contributed by atoms with Crippen LogP contribution in [-0.2, 0) is 29.1 Å². The summed E-state index contributed by atoms with van der Waals surface area (Å²) >= 11 is 0. The van der Waals surface area contributed by atoms with Crippen LogP contribution < -0.4 is 0 Å². The molecule has 0 saturated carbocycles. The van der Waals surface area contributed by atoms with Gasteiger partial charge in [-0.1, -0.05) is 12.8 Å². The van der Waals surface area contributed by atoms with Crippen LogP contribution in [0.2, 0.25) is 0 Å². The van der Waals surface area contributed by atoms with Crippen molar-refractivity contribution in [3.05, 3.63) is 0 Å². The topological polar surface area (TPSA) is 112 Å². The molecule has 0 saturated heterocycles. The van der Waals surface area contributed by atoms with E-state index in [4.69, 9.17) is 29.8 Å². The Morgan fingerprint density at radius 2 is 1.00 bits per heavy atom. The summed E-state index contributed by atoms with van der Waals surface area (Å²) < 4.78 is 0. The summed E-state index contributed by atoms with van der Waals surface area (Å²) in [6.45, 7) is 7.44. The Labute approximate surface area is 168 Å². The number of aliphatic hydroxyl groups is 2. The first kappa shape index (κ1) is 26.8. The lowest BCUT2D eigenvalue weighted by molar-refractivity contribution is -0.340. The van der Waals surface area contributed by atoms with Crippen molar-refractivity contribution in [1.29, 1.82) is 0 Å². The molecular weight excluding hydrogens is 368 g/mol. The second kappa shape index (κ2) is 14.7. The van der Waals surface area contributed by atoms with Gasteiger partial charge in [-0.2, -0.15) is 9.78 Å². The number of carbonyl (C=O) groups excluding carboxylic acids is 2. The van der Waals surface area contributed by atoms with E-state index in [1.54, 1.807) is 27.7 Å². The minimum atomic E-state index is -0.713. The molecule has 28 heavy (non-hydrogen) atoms. The Morgan fingerprint density at radius 3 is 1.32 bits per heavy atom. The molecular formula is C20H38O8. The highest BCUT2D eigenvalue weighted by molar-refractivity contribution is 5.68. The molecule has 166 valence electrons. The van der Waals surface area contributed by atoms with Crippen molar-refractivity contribution >= 4 is 11.9 Å². The van der Waals surface area contributed by atoms with Crippen LogP contribution in [0.25, 0.3) is 0 Å². The molecule has 8 nitrogen and oxygen atoms in total. The monoisotopic (exact) mass is 406 g/mol. The Hall–Kier alpha value is -1.22. The molecule has 0 radical (unpaired) electrons. The molecule has 0 aromatic heterocycles. The van der Waals surface area contributed by atoms with Gasteiger partial charge in [-0.05, 0) is 66.2 Å². The van der Waals surface area contributed by atoms with Crippen LogP contribution in [0, 0.1) is 0 Å². The molecule has 2 N–H and O–H groups in total. The summed E-state index contributed by atoms with van der Waals surface area (Å²) in [5.74, 6) is -0.867. The van der Waals surface area contributed by atoms with Crippen molar-refractivity contribution in [3.63, 3.8) is 0 Å². The zero-order chi connectivity index (χ0) is 21.5. The van der Waals surface area contributed by atoms with Gasteiger partial charge in [0.25, 0.3) is 0 Å². The van der Waals surface area contributed by atoms with Gasteiger partial charge in [-0.3, -0.25) is 9.78 Å². The average molecular weight is 407 g/mol. The highest BCUT2D eigenvalue weighted by Crippen LogP contribution is 2.25. The summed E-state index contributed by atoms with van der Waals surface area (Å²) in [6.07, 6.45) is 5.70. The second-order valence-corrected chi connectivity index (χ2v) is 8.17. The normalized spacial score (nSPS) is 12.1. The standard InChI is InChI=1S/C20H38O8/c1-19(2,27-25-17(23)11-7-5-9-15-21)13-14-20(3,4)28-26-18(24)12-8-6-10-16-22/h21-22H,5-16H2,1-4H3. The fourth-order valence-corrected chi connectivity index (χ4v) is 2.20. The van der Waals surface area contributed by atoms with E-state index in [9.17, 15) is 9.59 Å². The maximum absolute atomic E-state index is 11.7. The number of carbonyl (C=O) groups is 2. The van der Waals surface area contributed by atoms with Crippen molar-refractivity contribution in [3.8, 4) is 0 Å². The number of unbranched alkanes of at least 4 members (excludes halogenated alkanes) is 4. The summed E-state index contributed by atoms with van der Waals surface area (Å²) in [5.41, 5.74) is -1.43. The summed E-state index contributed by atoms with van der Waals surface area (Å²) in [5, 5.41) is 17.4. The lowest BCUT2D eigenvalue weighted by atomic mass is 9.94. The van der Waals surface area contributed by atoms with E-state index in [1.807, 2.05) is 0 Å². The Balaban J connectivity index is 4.05. The highest BCUT2D eigenvalue weighted by atomic mass is 17.2. The Kier molecular flexibility index (Phi) is 14.1. The minimum absolute atomic E-state index is 0.120. The van der Waals surface area contributed by atoms with Gasteiger partial charge in [-0.25, -0.2) is 9.59 Å². The Morgan fingerprint density at radius 1 is 0.643 bits per heavy atom. The van der Waals surface area contributed by atoms with Gasteiger partial charge in [0.2, 0.25) is 0 Å². The lowest BCUT2D eigenvalue weighted by Gasteiger charge is -2.28. The third kappa shape index (κ3) is 15.8. The van der Waals surface area contributed by atoms with Crippen molar-refractivity contribution < 1.29 is 39.4 Å². The first-order chi connectivity index (χ1) is 13.1. The maximum atomic E-state index is 11.7. The van der Waals surface area contributed by atoms with Crippen LogP contribution in [0.5, 0.6) is 0 Å². The van der Waals surface area contributed by atoms with Gasteiger partial charge in [-0.15, -0.1) is 0 Å². The maximum Gasteiger partial charge on any atom is 0.342 e. The van der Waals surface area contributed by atoms with Crippen LogP contribution in [0.1, 0.15) is 91.9 Å². The average Bonchev–Trinajstić information content (AvgIpc) is 2.64. The van der Waals surface area contributed by atoms with E-state index >= 15 is 0 Å². The molecule has 0 aromatic rings. The Bertz CT molecular complexity index is 394. The zero-order valence-corrected chi connectivity index (χ0v) is 17.8. The fourth-order valence-electron chi connectivity index (χ4n) is 2.20. The molecule has 0 aliphatic rings. The third-order valence-electron chi connectivity index (χ3n) is 4.13. The molecule has 0 spiro atoms. The van der Waals surface area contributed by atoms with Gasteiger partial charge in [0, 0.05) is 26.1 Å². The molecule has 0 atom stereocenters. The minimum Gasteiger partial charge on any atom is -0.396 e. The summed E-state index contributed by atoms with van der Waals surface area (Å²) in [6, 6.07) is 0. The number of hydrogen-bond acceptors (Lipinski definition) is 8. The molecule has 0 heterocycles. The van der Waals surface area contributed by atoms with Crippen LogP contribution in [0.15, 0.2) is 0 Å². The van der Waals surface area contributed by atoms with Crippen LogP contribution >= 0.6 is 0 Å². The van der Waals surface area contributed by atoms with Gasteiger partial charge < -0.3 is 10.2 Å². The third-order valence-corrected chi connectivity index (χ3v) is 4.13. The number of rotatable bonds is 17. The fraction of sp³-hybridized carbons (Fsp3) is 0.900. The smallest absolute Gasteiger partial charge is 0.342 e. The van der Waals surface area contributed by atoms with Gasteiger partial charge >= 0.3 is 11.9 Å². The van der Waals surface area contributed by atoms with Crippen LogP contribution in [0.3, 0.4) is 0 Å². The van der Waals surface area contributed by atoms with E-state index in [2.05, 4.69) is 0 Å². The van der Waals surface area contributed by atoms with E-state index in [0.29, 0.717) is 38.5 Å². The molecule has 0 fully saturated rings. The van der Waals surface area contributed by atoms with Crippen molar-refractivity contribution in [1.82, 2.24) is 0 Å². The first-order valence-corrected chi connectivity index (χ1v) is 10.1. The molecule has 0 rings (SSSR count). The summed E-state index contributed by atoms with van der Waals surface area (Å²) in [7, 11) is 0. The van der Waals surface area contributed by atoms with Crippen LogP contribution in [0.4, 0.5) is 0 Å². The zero-order valence-electron chi connectivity index (χ0n) is 17.8. The molecule has 8 heteroatoms. The van der Waals surface area contributed by atoms with E-state index in [0.717, 1.165) is 12.8 Å². The summed E-state index contributed by atoms with van der Waals surface area (Å²) in [4.78, 5) is 43.6. The molecule has 0 amide bonds.